The van der Waals surface area contributed by atoms with Gasteiger partial charge in [-0.1, -0.05) is 24.6 Å². The molecule has 0 atom stereocenters. The Hall–Kier alpha value is -3.56. The van der Waals surface area contributed by atoms with E-state index < -0.39 is 5.91 Å². The first-order valence-electron chi connectivity index (χ1n) is 11.1. The van der Waals surface area contributed by atoms with Crippen LogP contribution in [0, 0.1) is 0 Å². The zero-order valence-corrected chi connectivity index (χ0v) is 20.0. The summed E-state index contributed by atoms with van der Waals surface area (Å²) in [4.78, 5) is 25.7. The van der Waals surface area contributed by atoms with Gasteiger partial charge in [-0.2, -0.15) is 4.98 Å². The predicted molar refractivity (Wildman–Crippen MR) is 135 cm³/mol. The van der Waals surface area contributed by atoms with Crippen LogP contribution in [-0.4, -0.2) is 54.0 Å². The van der Waals surface area contributed by atoms with Crippen molar-refractivity contribution < 1.29 is 9.53 Å². The Morgan fingerprint density at radius 3 is 2.47 bits per heavy atom. The number of benzene rings is 2. The van der Waals surface area contributed by atoms with E-state index in [9.17, 15) is 4.79 Å². The quantitative estimate of drug-likeness (QED) is 0.437. The lowest BCUT2D eigenvalue weighted by atomic mass is 10.2. The summed E-state index contributed by atoms with van der Waals surface area (Å²) in [5.41, 5.74) is 14.3. The highest BCUT2D eigenvalue weighted by atomic mass is 35.5. The van der Waals surface area contributed by atoms with Crippen LogP contribution in [0.15, 0.2) is 42.5 Å². The number of piperazine rings is 1. The molecule has 1 saturated heterocycles. The van der Waals surface area contributed by atoms with E-state index in [4.69, 9.17) is 27.8 Å². The number of carbonyl (C=O) groups is 1. The first kappa shape index (κ1) is 23.6. The third-order valence-corrected chi connectivity index (χ3v) is 6.10. The number of amides is 1. The Morgan fingerprint density at radius 1 is 1.12 bits per heavy atom. The normalized spacial score (nSPS) is 14.1. The smallest absolute Gasteiger partial charge is 0.271 e. The molecule has 1 fully saturated rings. The summed E-state index contributed by atoms with van der Waals surface area (Å²) < 4.78 is 5.94. The minimum atomic E-state index is -0.688. The maximum Gasteiger partial charge on any atom is 0.271 e. The average Bonchev–Trinajstić information content (AvgIpc) is 2.83. The molecule has 4 rings (SSSR count). The molecule has 0 unspecified atom stereocenters. The zero-order valence-electron chi connectivity index (χ0n) is 19.2. The van der Waals surface area contributed by atoms with Gasteiger partial charge in [0.15, 0.2) is 11.5 Å². The Morgan fingerprint density at radius 2 is 1.82 bits per heavy atom. The van der Waals surface area contributed by atoms with E-state index in [1.54, 1.807) is 18.2 Å². The fraction of sp³-hybridized carbons (Fsp3) is 0.292. The summed E-state index contributed by atoms with van der Waals surface area (Å²) in [5.74, 6) is 0.0795. The van der Waals surface area contributed by atoms with Crippen LogP contribution in [-0.2, 0) is 6.42 Å². The standard InChI is InChI=1S/C24H28ClN7O2/c1-3-18-24(34-19-6-4-5-17(26)20(19)25)30-23(21(29-18)22(27)33)28-15-7-9-16(10-8-15)32-13-11-31(2)12-14-32/h4-10H,3,11-14,26H2,1-2H3,(H2,27,33)(H,28,30). The lowest BCUT2D eigenvalue weighted by molar-refractivity contribution is 0.0996. The maximum absolute atomic E-state index is 12.1. The molecule has 0 spiro atoms. The molecule has 34 heavy (non-hydrogen) atoms. The third kappa shape index (κ3) is 5.16. The molecule has 1 amide bonds. The van der Waals surface area contributed by atoms with E-state index in [1.165, 1.54) is 0 Å². The van der Waals surface area contributed by atoms with Crippen molar-refractivity contribution >= 4 is 40.4 Å². The van der Waals surface area contributed by atoms with Crippen LogP contribution < -0.4 is 26.4 Å². The number of likely N-dealkylation sites (N-methyl/N-ethyl adjacent to an activating group) is 1. The number of primary amides is 1. The number of nitrogens with two attached hydrogens (primary N) is 2. The summed E-state index contributed by atoms with van der Waals surface area (Å²) in [6, 6.07) is 13.0. The second kappa shape index (κ2) is 10.1. The number of hydrogen-bond donors (Lipinski definition) is 3. The van der Waals surface area contributed by atoms with Gasteiger partial charge in [0.25, 0.3) is 5.91 Å². The van der Waals surface area contributed by atoms with Gasteiger partial charge < -0.3 is 31.3 Å². The van der Waals surface area contributed by atoms with Gasteiger partial charge in [0.05, 0.1) is 5.69 Å². The van der Waals surface area contributed by atoms with Crippen molar-refractivity contribution in [3.05, 3.63) is 58.9 Å². The number of carbonyl (C=O) groups excluding carboxylic acids is 1. The monoisotopic (exact) mass is 481 g/mol. The fourth-order valence-electron chi connectivity index (χ4n) is 3.69. The molecule has 0 saturated carbocycles. The first-order valence-corrected chi connectivity index (χ1v) is 11.5. The number of nitrogens with zero attached hydrogens (tertiary/aromatic N) is 4. The number of nitrogen functional groups attached to an aromatic ring is 1. The summed E-state index contributed by atoms with van der Waals surface area (Å²) >= 11 is 6.28. The van der Waals surface area contributed by atoms with E-state index in [0.717, 1.165) is 37.6 Å². The Labute approximate surface area is 203 Å². The number of rotatable bonds is 7. The molecular weight excluding hydrogens is 454 g/mol. The lowest BCUT2D eigenvalue weighted by Gasteiger charge is -2.34. The topological polar surface area (TPSA) is 123 Å². The Balaban J connectivity index is 1.62. The first-order chi connectivity index (χ1) is 16.4. The van der Waals surface area contributed by atoms with Crippen LogP contribution >= 0.6 is 11.6 Å². The molecule has 1 aromatic heterocycles. The van der Waals surface area contributed by atoms with E-state index in [0.29, 0.717) is 23.6 Å². The van der Waals surface area contributed by atoms with Crippen LogP contribution in [0.2, 0.25) is 5.02 Å². The molecular formula is C24H28ClN7O2. The van der Waals surface area contributed by atoms with Crippen molar-refractivity contribution in [3.63, 3.8) is 0 Å². The molecule has 10 heteroatoms. The summed E-state index contributed by atoms with van der Waals surface area (Å²) in [5, 5.41) is 3.43. The minimum Gasteiger partial charge on any atom is -0.436 e. The molecule has 9 nitrogen and oxygen atoms in total. The van der Waals surface area contributed by atoms with Crippen LogP contribution in [0.3, 0.4) is 0 Å². The van der Waals surface area contributed by atoms with E-state index in [1.807, 2.05) is 31.2 Å². The number of aryl methyl sites for hydroxylation is 1. The molecule has 178 valence electrons. The van der Waals surface area contributed by atoms with Gasteiger partial charge in [-0.15, -0.1) is 0 Å². The fourth-order valence-corrected chi connectivity index (χ4v) is 3.86. The Bertz CT molecular complexity index is 1180. The number of hydrogen-bond acceptors (Lipinski definition) is 8. The molecule has 3 aromatic rings. The summed E-state index contributed by atoms with van der Waals surface area (Å²) in [6.45, 7) is 5.90. The maximum atomic E-state index is 12.1. The molecule has 2 heterocycles. The van der Waals surface area contributed by atoms with Crippen molar-refractivity contribution in [2.75, 3.05) is 49.2 Å². The van der Waals surface area contributed by atoms with Gasteiger partial charge >= 0.3 is 0 Å². The van der Waals surface area contributed by atoms with Gasteiger partial charge in [-0.05, 0) is 49.9 Å². The largest absolute Gasteiger partial charge is 0.436 e. The lowest BCUT2D eigenvalue weighted by Crippen LogP contribution is -2.44. The number of halogens is 1. The van der Waals surface area contributed by atoms with E-state index in [-0.39, 0.29) is 22.4 Å². The second-order valence-electron chi connectivity index (χ2n) is 8.11. The second-order valence-corrected chi connectivity index (χ2v) is 8.49. The van der Waals surface area contributed by atoms with E-state index >= 15 is 0 Å². The highest BCUT2D eigenvalue weighted by Crippen LogP contribution is 2.35. The molecule has 0 aliphatic carbocycles. The molecule has 1 aliphatic heterocycles. The van der Waals surface area contributed by atoms with E-state index in [2.05, 4.69) is 32.1 Å². The van der Waals surface area contributed by atoms with Crippen LogP contribution in [0.4, 0.5) is 22.9 Å². The predicted octanol–water partition coefficient (Wildman–Crippen LogP) is 3.66. The number of nitrogens with one attached hydrogen (secondary N) is 1. The van der Waals surface area contributed by atoms with Crippen molar-refractivity contribution in [1.82, 2.24) is 14.9 Å². The third-order valence-electron chi connectivity index (χ3n) is 5.70. The van der Waals surface area contributed by atoms with Crippen molar-refractivity contribution in [3.8, 4) is 11.6 Å². The SMILES string of the molecule is CCc1nc(C(N)=O)c(Nc2ccc(N3CCN(C)CC3)cc2)nc1Oc1cccc(N)c1Cl. The van der Waals surface area contributed by atoms with Crippen molar-refractivity contribution in [1.29, 1.82) is 0 Å². The zero-order chi connectivity index (χ0) is 24.2. The summed E-state index contributed by atoms with van der Waals surface area (Å²) in [6.07, 6.45) is 0.475. The number of anilines is 4. The molecule has 0 radical (unpaired) electrons. The highest BCUT2D eigenvalue weighted by molar-refractivity contribution is 6.34. The highest BCUT2D eigenvalue weighted by Gasteiger charge is 2.20. The molecule has 2 aromatic carbocycles. The van der Waals surface area contributed by atoms with Gasteiger partial charge in [0.1, 0.15) is 16.5 Å². The number of ether oxygens (including phenoxy) is 1. The Kier molecular flexibility index (Phi) is 7.04. The van der Waals surface area contributed by atoms with Crippen LogP contribution in [0.5, 0.6) is 11.6 Å². The summed E-state index contributed by atoms with van der Waals surface area (Å²) in [7, 11) is 2.13. The van der Waals surface area contributed by atoms with Gasteiger partial charge in [0, 0.05) is 37.6 Å². The van der Waals surface area contributed by atoms with Crippen molar-refractivity contribution in [2.24, 2.45) is 5.73 Å². The average molecular weight is 482 g/mol. The van der Waals surface area contributed by atoms with Gasteiger partial charge in [0.2, 0.25) is 5.88 Å². The van der Waals surface area contributed by atoms with Gasteiger partial charge in [-0.3, -0.25) is 4.79 Å². The molecule has 5 N–H and O–H groups in total. The van der Waals surface area contributed by atoms with Crippen LogP contribution in [0.25, 0.3) is 0 Å². The van der Waals surface area contributed by atoms with Crippen molar-refractivity contribution in [2.45, 2.75) is 13.3 Å². The molecule has 0 bridgehead atoms. The van der Waals surface area contributed by atoms with Crippen LogP contribution in [0.1, 0.15) is 23.1 Å². The minimum absolute atomic E-state index is 0.0333. The number of aromatic nitrogens is 2. The molecule has 1 aliphatic rings. The van der Waals surface area contributed by atoms with Gasteiger partial charge in [-0.25, -0.2) is 4.98 Å².